The van der Waals surface area contributed by atoms with E-state index in [0.717, 1.165) is 30.2 Å². The van der Waals surface area contributed by atoms with Gasteiger partial charge in [0.25, 0.3) is 5.91 Å². The Kier molecular flexibility index (Phi) is 4.90. The first-order chi connectivity index (χ1) is 13.2. The van der Waals surface area contributed by atoms with Crippen LogP contribution in [0.15, 0.2) is 52.4 Å². The molecule has 0 aromatic heterocycles. The van der Waals surface area contributed by atoms with Crippen molar-refractivity contribution in [2.75, 3.05) is 20.8 Å². The maximum atomic E-state index is 12.5. The van der Waals surface area contributed by atoms with Crippen molar-refractivity contribution in [3.8, 4) is 11.5 Å². The van der Waals surface area contributed by atoms with Crippen LogP contribution in [0.25, 0.3) is 6.08 Å². The summed E-state index contributed by atoms with van der Waals surface area (Å²) in [5, 5.41) is 0.766. The second-order valence-corrected chi connectivity index (χ2v) is 7.37. The van der Waals surface area contributed by atoms with Crippen LogP contribution in [0.4, 0.5) is 0 Å². The van der Waals surface area contributed by atoms with Gasteiger partial charge in [0.2, 0.25) is 0 Å². The molecule has 0 atom stereocenters. The van der Waals surface area contributed by atoms with Crippen LogP contribution in [0, 0.1) is 0 Å². The molecule has 138 valence electrons. The van der Waals surface area contributed by atoms with E-state index in [1.165, 1.54) is 22.9 Å². The summed E-state index contributed by atoms with van der Waals surface area (Å²) >= 11 is 1.42. The van der Waals surface area contributed by atoms with Gasteiger partial charge in [-0.05, 0) is 53.6 Å². The molecular weight excluding hydrogens is 360 g/mol. The summed E-state index contributed by atoms with van der Waals surface area (Å²) in [7, 11) is 3.23. The summed E-state index contributed by atoms with van der Waals surface area (Å²) in [4.78, 5) is 19.5. The largest absolute Gasteiger partial charge is 0.497 e. The summed E-state index contributed by atoms with van der Waals surface area (Å²) in [5.74, 6) is 1.20. The van der Waals surface area contributed by atoms with Crippen molar-refractivity contribution < 1.29 is 14.3 Å². The van der Waals surface area contributed by atoms with Crippen LogP contribution in [0.2, 0.25) is 0 Å². The van der Waals surface area contributed by atoms with Gasteiger partial charge in [-0.15, -0.1) is 0 Å². The van der Waals surface area contributed by atoms with E-state index < -0.39 is 0 Å². The number of amides is 1. The fraction of sp³-hybridized carbons (Fsp3) is 0.238. The van der Waals surface area contributed by atoms with Gasteiger partial charge in [-0.1, -0.05) is 24.3 Å². The first-order valence-corrected chi connectivity index (χ1v) is 9.56. The van der Waals surface area contributed by atoms with Gasteiger partial charge in [0, 0.05) is 18.7 Å². The highest BCUT2D eigenvalue weighted by Crippen LogP contribution is 2.35. The topological polar surface area (TPSA) is 51.1 Å². The first-order valence-electron chi connectivity index (χ1n) is 8.74. The van der Waals surface area contributed by atoms with Gasteiger partial charge in [-0.2, -0.15) is 4.99 Å². The second kappa shape index (κ2) is 7.48. The van der Waals surface area contributed by atoms with E-state index in [1.54, 1.807) is 14.2 Å². The standard InChI is InChI=1S/C21H20N2O3S/c1-25-17-7-8-18(26-2)16(11-17)12-19-20(24)22-21(27-19)23-10-9-14-5-3-4-6-15(14)13-23/h3-8,11-12H,9-10,13H2,1-2H3. The van der Waals surface area contributed by atoms with Crippen molar-refractivity contribution in [3.05, 3.63) is 64.1 Å². The molecule has 0 fully saturated rings. The molecule has 2 aromatic carbocycles. The van der Waals surface area contributed by atoms with Crippen LogP contribution in [0.1, 0.15) is 16.7 Å². The lowest BCUT2D eigenvalue weighted by Crippen LogP contribution is -2.33. The first kappa shape index (κ1) is 17.7. The number of aliphatic imine (C=N–C) groups is 1. The third kappa shape index (κ3) is 3.57. The summed E-state index contributed by atoms with van der Waals surface area (Å²) in [5.41, 5.74) is 3.47. The Morgan fingerprint density at radius 2 is 1.93 bits per heavy atom. The van der Waals surface area contributed by atoms with E-state index in [2.05, 4.69) is 34.2 Å². The number of benzene rings is 2. The highest BCUT2D eigenvalue weighted by molar-refractivity contribution is 8.18. The van der Waals surface area contributed by atoms with Gasteiger partial charge in [0.05, 0.1) is 19.1 Å². The fourth-order valence-electron chi connectivity index (χ4n) is 3.29. The Labute approximate surface area is 162 Å². The van der Waals surface area contributed by atoms with Gasteiger partial charge in [0.1, 0.15) is 11.5 Å². The van der Waals surface area contributed by atoms with E-state index in [-0.39, 0.29) is 5.91 Å². The molecule has 0 N–H and O–H groups in total. The number of amidine groups is 1. The molecule has 2 aliphatic heterocycles. The number of carbonyl (C=O) groups is 1. The molecule has 0 radical (unpaired) electrons. The van der Waals surface area contributed by atoms with Gasteiger partial charge in [-0.3, -0.25) is 4.79 Å². The third-order valence-corrected chi connectivity index (χ3v) is 5.78. The van der Waals surface area contributed by atoms with Crippen molar-refractivity contribution in [2.45, 2.75) is 13.0 Å². The van der Waals surface area contributed by atoms with Crippen LogP contribution < -0.4 is 9.47 Å². The van der Waals surface area contributed by atoms with Crippen LogP contribution in [0.5, 0.6) is 11.5 Å². The average molecular weight is 380 g/mol. The lowest BCUT2D eigenvalue weighted by Gasteiger charge is -2.29. The Hall–Kier alpha value is -2.73. The number of thioether (sulfide) groups is 1. The minimum Gasteiger partial charge on any atom is -0.497 e. The predicted molar refractivity (Wildman–Crippen MR) is 108 cm³/mol. The van der Waals surface area contributed by atoms with Gasteiger partial charge >= 0.3 is 0 Å². The zero-order valence-corrected chi connectivity index (χ0v) is 16.1. The number of rotatable bonds is 3. The number of hydrogen-bond donors (Lipinski definition) is 0. The quantitative estimate of drug-likeness (QED) is 0.760. The van der Waals surface area contributed by atoms with E-state index in [1.807, 2.05) is 24.3 Å². The Bertz CT molecular complexity index is 952. The van der Waals surface area contributed by atoms with Crippen molar-refractivity contribution in [3.63, 3.8) is 0 Å². The number of ether oxygens (including phenoxy) is 2. The molecule has 0 saturated heterocycles. The highest BCUT2D eigenvalue weighted by Gasteiger charge is 2.28. The molecular formula is C21H20N2O3S. The molecule has 0 bridgehead atoms. The minimum absolute atomic E-state index is 0.210. The van der Waals surface area contributed by atoms with E-state index >= 15 is 0 Å². The monoisotopic (exact) mass is 380 g/mol. The van der Waals surface area contributed by atoms with E-state index in [9.17, 15) is 4.79 Å². The number of hydrogen-bond acceptors (Lipinski definition) is 5. The molecule has 5 nitrogen and oxygen atoms in total. The second-order valence-electron chi connectivity index (χ2n) is 6.36. The number of fused-ring (bicyclic) bond motifs is 1. The maximum Gasteiger partial charge on any atom is 0.286 e. The fourth-order valence-corrected chi connectivity index (χ4v) is 4.21. The lowest BCUT2D eigenvalue weighted by atomic mass is 10.0. The van der Waals surface area contributed by atoms with Crippen molar-refractivity contribution in [1.29, 1.82) is 0 Å². The normalized spacial score (nSPS) is 17.7. The summed E-state index contributed by atoms with van der Waals surface area (Å²) < 4.78 is 10.7. The average Bonchev–Trinajstić information content (AvgIpc) is 3.08. The summed E-state index contributed by atoms with van der Waals surface area (Å²) in [6.45, 7) is 1.65. The molecule has 1 amide bonds. The molecule has 0 unspecified atom stereocenters. The third-order valence-electron chi connectivity index (χ3n) is 4.73. The molecule has 6 heteroatoms. The molecule has 0 aliphatic carbocycles. The van der Waals surface area contributed by atoms with Gasteiger partial charge < -0.3 is 14.4 Å². The van der Waals surface area contributed by atoms with Crippen molar-refractivity contribution in [1.82, 2.24) is 4.90 Å². The predicted octanol–water partition coefficient (Wildman–Crippen LogP) is 3.73. The zero-order chi connectivity index (χ0) is 18.8. The maximum absolute atomic E-state index is 12.5. The molecule has 27 heavy (non-hydrogen) atoms. The Morgan fingerprint density at radius 3 is 2.70 bits per heavy atom. The summed E-state index contributed by atoms with van der Waals surface area (Å²) in [6, 6.07) is 14.0. The molecule has 2 aromatic rings. The minimum atomic E-state index is -0.210. The van der Waals surface area contributed by atoms with E-state index in [4.69, 9.17) is 9.47 Å². The van der Waals surface area contributed by atoms with Gasteiger partial charge in [0.15, 0.2) is 5.17 Å². The zero-order valence-electron chi connectivity index (χ0n) is 15.3. The SMILES string of the molecule is COc1ccc(OC)c(C=C2SC(N3CCc4ccccc4C3)=NC2=O)c1. The number of nitrogens with zero attached hydrogens (tertiary/aromatic N) is 2. The smallest absolute Gasteiger partial charge is 0.286 e. The lowest BCUT2D eigenvalue weighted by molar-refractivity contribution is -0.113. The Morgan fingerprint density at radius 1 is 1.11 bits per heavy atom. The summed E-state index contributed by atoms with van der Waals surface area (Å²) in [6.07, 6.45) is 2.79. The number of carbonyl (C=O) groups excluding carboxylic acids is 1. The molecule has 0 saturated carbocycles. The van der Waals surface area contributed by atoms with Crippen molar-refractivity contribution >= 4 is 28.9 Å². The van der Waals surface area contributed by atoms with Crippen LogP contribution in [-0.2, 0) is 17.8 Å². The molecule has 2 heterocycles. The highest BCUT2D eigenvalue weighted by atomic mass is 32.2. The number of methoxy groups -OCH3 is 2. The van der Waals surface area contributed by atoms with Crippen LogP contribution >= 0.6 is 11.8 Å². The van der Waals surface area contributed by atoms with Crippen LogP contribution in [0.3, 0.4) is 0 Å². The van der Waals surface area contributed by atoms with Crippen molar-refractivity contribution in [2.24, 2.45) is 4.99 Å². The molecule has 0 spiro atoms. The van der Waals surface area contributed by atoms with Gasteiger partial charge in [-0.25, -0.2) is 0 Å². The molecule has 2 aliphatic rings. The Balaban J connectivity index is 1.56. The van der Waals surface area contributed by atoms with E-state index in [0.29, 0.717) is 16.4 Å². The van der Waals surface area contributed by atoms with Crippen LogP contribution in [-0.4, -0.2) is 36.7 Å². The molecule has 4 rings (SSSR count).